The van der Waals surface area contributed by atoms with Gasteiger partial charge >= 0.3 is 5.97 Å². The van der Waals surface area contributed by atoms with Crippen LogP contribution in [0, 0.1) is 5.92 Å². The van der Waals surface area contributed by atoms with E-state index in [1.54, 1.807) is 0 Å². The van der Waals surface area contributed by atoms with Crippen molar-refractivity contribution in [1.29, 1.82) is 0 Å². The van der Waals surface area contributed by atoms with Gasteiger partial charge in [0.15, 0.2) is 0 Å². The molecule has 6 rings (SSSR count). The number of rotatable bonds is 8. The lowest BCUT2D eigenvalue weighted by Gasteiger charge is -2.34. The summed E-state index contributed by atoms with van der Waals surface area (Å²) in [5.74, 6) is 0.538. The van der Waals surface area contributed by atoms with Gasteiger partial charge in [-0.2, -0.15) is 0 Å². The van der Waals surface area contributed by atoms with Crippen LogP contribution < -0.4 is 4.90 Å². The van der Waals surface area contributed by atoms with Gasteiger partial charge in [-0.05, 0) is 79.8 Å². The molecule has 1 aromatic heterocycles. The number of anilines is 1. The van der Waals surface area contributed by atoms with Gasteiger partial charge in [0.25, 0.3) is 0 Å². The molecule has 2 aliphatic heterocycles. The van der Waals surface area contributed by atoms with Crippen LogP contribution in [0.5, 0.6) is 0 Å². The number of hydrogen-bond acceptors (Lipinski definition) is 3. The van der Waals surface area contributed by atoms with Crippen LogP contribution in [-0.2, 0) is 13.0 Å². The number of fused-ring (bicyclic) bond motifs is 5. The molecular weight excluding hydrogens is 494 g/mol. The van der Waals surface area contributed by atoms with Crippen molar-refractivity contribution in [3.05, 3.63) is 53.1 Å². The first-order valence-corrected chi connectivity index (χ1v) is 16.1. The van der Waals surface area contributed by atoms with Crippen LogP contribution in [0.3, 0.4) is 0 Å². The molecule has 0 bridgehead atoms. The minimum atomic E-state index is -0.844. The topological polar surface area (TPSA) is 48.7 Å². The zero-order valence-corrected chi connectivity index (χ0v) is 24.6. The third kappa shape index (κ3) is 5.30. The Morgan fingerprint density at radius 2 is 1.77 bits per heavy atom. The first-order valence-electron chi connectivity index (χ1n) is 16.1. The van der Waals surface area contributed by atoms with Crippen molar-refractivity contribution in [3.63, 3.8) is 0 Å². The fourth-order valence-electron chi connectivity index (χ4n) is 7.84. The maximum absolute atomic E-state index is 12.0. The summed E-state index contributed by atoms with van der Waals surface area (Å²) in [7, 11) is 0. The summed E-state index contributed by atoms with van der Waals surface area (Å²) in [5, 5.41) is 11.1. The van der Waals surface area contributed by atoms with Crippen LogP contribution in [0.1, 0.15) is 99.0 Å². The van der Waals surface area contributed by atoms with Crippen LogP contribution in [0.4, 0.5) is 5.69 Å². The summed E-state index contributed by atoms with van der Waals surface area (Å²) in [6.45, 7) is 11.1. The molecule has 2 aromatic carbocycles. The molecule has 1 aliphatic carbocycles. The molecule has 0 radical (unpaired) electrons. The van der Waals surface area contributed by atoms with Crippen molar-refractivity contribution in [2.24, 2.45) is 5.92 Å². The average Bonchev–Trinajstić information content (AvgIpc) is 3.22. The molecule has 3 heterocycles. The fraction of sp³-hybridized carbons (Fsp3) is 0.571. The van der Waals surface area contributed by atoms with E-state index in [4.69, 9.17) is 0 Å². The Hall–Kier alpha value is -2.79. The molecule has 2 fully saturated rings. The number of carboxylic acid groups (broad SMARTS) is 1. The number of likely N-dealkylation sites (tertiary alicyclic amines) is 1. The zero-order valence-electron chi connectivity index (χ0n) is 24.6. The number of carbonyl (C=O) groups is 1. The summed E-state index contributed by atoms with van der Waals surface area (Å²) >= 11 is 0. The molecule has 1 saturated heterocycles. The first-order chi connectivity index (χ1) is 19.6. The SMILES string of the molecule is CCCc1ccc2c(c1)N(CCN1CCCC(CC)C1)CCn1c-2c(C2CCCCC2)c2ccc(C(=O)O)cc21. The average molecular weight is 542 g/mol. The molecule has 3 aliphatic rings. The minimum absolute atomic E-state index is 0.387. The van der Waals surface area contributed by atoms with Crippen LogP contribution in [-0.4, -0.2) is 53.3 Å². The number of hydrogen-bond donors (Lipinski definition) is 1. The highest BCUT2D eigenvalue weighted by Gasteiger charge is 2.31. The molecule has 5 heteroatoms. The highest BCUT2D eigenvalue weighted by Crippen LogP contribution is 2.47. The molecule has 5 nitrogen and oxygen atoms in total. The van der Waals surface area contributed by atoms with Crippen molar-refractivity contribution in [3.8, 4) is 11.3 Å². The molecule has 214 valence electrons. The van der Waals surface area contributed by atoms with Crippen LogP contribution in [0.25, 0.3) is 22.2 Å². The van der Waals surface area contributed by atoms with E-state index < -0.39 is 5.97 Å². The summed E-state index contributed by atoms with van der Waals surface area (Å²) in [5.41, 5.74) is 8.46. The van der Waals surface area contributed by atoms with Gasteiger partial charge in [-0.1, -0.05) is 64.2 Å². The molecule has 0 spiro atoms. The normalized spacial score (nSPS) is 20.4. The molecule has 1 N–H and O–H groups in total. The van der Waals surface area contributed by atoms with E-state index in [-0.39, 0.29) is 0 Å². The predicted octanol–water partition coefficient (Wildman–Crippen LogP) is 7.95. The largest absolute Gasteiger partial charge is 0.478 e. The standard InChI is InChI=1S/C35H47N3O2/c1-3-9-26-13-15-30-31(22-26)37(19-18-36-17-8-10-25(4-2)24-36)20-21-38-32-23-28(35(39)40)14-16-29(32)33(34(30)38)27-11-6-5-7-12-27/h13-16,22-23,25,27H,3-12,17-21,24H2,1-2H3,(H,39,40). The molecule has 0 amide bonds. The van der Waals surface area contributed by atoms with Crippen LogP contribution >= 0.6 is 0 Å². The molecular formula is C35H47N3O2. The molecule has 40 heavy (non-hydrogen) atoms. The summed E-state index contributed by atoms with van der Waals surface area (Å²) in [6, 6.07) is 13.1. The lowest BCUT2D eigenvalue weighted by atomic mass is 9.81. The number of carboxylic acids is 1. The zero-order chi connectivity index (χ0) is 27.6. The van der Waals surface area contributed by atoms with E-state index in [0.717, 1.165) is 50.5 Å². The lowest BCUT2D eigenvalue weighted by Crippen LogP contribution is -2.41. The van der Waals surface area contributed by atoms with E-state index in [1.165, 1.54) is 97.9 Å². The van der Waals surface area contributed by atoms with Gasteiger partial charge in [0.1, 0.15) is 0 Å². The van der Waals surface area contributed by atoms with Crippen molar-refractivity contribution < 1.29 is 9.90 Å². The van der Waals surface area contributed by atoms with Gasteiger partial charge in [-0.15, -0.1) is 0 Å². The van der Waals surface area contributed by atoms with E-state index in [1.807, 2.05) is 12.1 Å². The Morgan fingerprint density at radius 3 is 2.55 bits per heavy atom. The van der Waals surface area contributed by atoms with Gasteiger partial charge in [0, 0.05) is 54.9 Å². The Bertz CT molecular complexity index is 1350. The van der Waals surface area contributed by atoms with E-state index in [0.29, 0.717) is 11.5 Å². The molecule has 1 atom stereocenters. The monoisotopic (exact) mass is 541 g/mol. The number of benzene rings is 2. The molecule has 3 aromatic rings. The molecule has 1 unspecified atom stereocenters. The van der Waals surface area contributed by atoms with Gasteiger partial charge in [-0.25, -0.2) is 4.79 Å². The fourth-order valence-corrected chi connectivity index (χ4v) is 7.84. The third-order valence-corrected chi connectivity index (χ3v) is 10.0. The Labute approximate surface area is 240 Å². The first kappa shape index (κ1) is 27.4. The van der Waals surface area contributed by atoms with E-state index in [9.17, 15) is 9.90 Å². The Balaban J connectivity index is 1.45. The Morgan fingerprint density at radius 1 is 0.925 bits per heavy atom. The summed E-state index contributed by atoms with van der Waals surface area (Å²) in [4.78, 5) is 17.3. The maximum Gasteiger partial charge on any atom is 0.335 e. The number of nitrogens with zero attached hydrogens (tertiary/aromatic N) is 3. The lowest BCUT2D eigenvalue weighted by molar-refractivity contribution is 0.0697. The number of piperidine rings is 1. The van der Waals surface area contributed by atoms with E-state index in [2.05, 4.69) is 52.5 Å². The number of aromatic carboxylic acids is 1. The van der Waals surface area contributed by atoms with Crippen LogP contribution in [0.15, 0.2) is 36.4 Å². The number of aryl methyl sites for hydroxylation is 1. The van der Waals surface area contributed by atoms with Crippen molar-refractivity contribution >= 4 is 22.6 Å². The maximum atomic E-state index is 12.0. The predicted molar refractivity (Wildman–Crippen MR) is 166 cm³/mol. The highest BCUT2D eigenvalue weighted by molar-refractivity contribution is 5.99. The quantitative estimate of drug-likeness (QED) is 0.314. The molecule has 1 saturated carbocycles. The second-order valence-corrected chi connectivity index (χ2v) is 12.6. The second kappa shape index (κ2) is 12.0. The highest BCUT2D eigenvalue weighted by atomic mass is 16.4. The minimum Gasteiger partial charge on any atom is -0.478 e. The van der Waals surface area contributed by atoms with Gasteiger partial charge in [0.05, 0.1) is 11.3 Å². The van der Waals surface area contributed by atoms with Gasteiger partial charge < -0.3 is 19.5 Å². The van der Waals surface area contributed by atoms with Gasteiger partial charge in [0.2, 0.25) is 0 Å². The van der Waals surface area contributed by atoms with Crippen molar-refractivity contribution in [1.82, 2.24) is 9.47 Å². The van der Waals surface area contributed by atoms with Crippen molar-refractivity contribution in [2.75, 3.05) is 37.6 Å². The summed E-state index contributed by atoms with van der Waals surface area (Å²) < 4.78 is 2.48. The van der Waals surface area contributed by atoms with Crippen LogP contribution in [0.2, 0.25) is 0 Å². The number of aromatic nitrogens is 1. The summed E-state index contributed by atoms with van der Waals surface area (Å²) in [6.07, 6.45) is 12.6. The Kier molecular flexibility index (Phi) is 8.20. The van der Waals surface area contributed by atoms with Crippen molar-refractivity contribution in [2.45, 2.75) is 90.5 Å². The second-order valence-electron chi connectivity index (χ2n) is 12.6. The van der Waals surface area contributed by atoms with E-state index >= 15 is 0 Å². The van der Waals surface area contributed by atoms with Gasteiger partial charge in [-0.3, -0.25) is 0 Å². The smallest absolute Gasteiger partial charge is 0.335 e. The third-order valence-electron chi connectivity index (χ3n) is 10.0.